The molecule has 2 amide bonds. The summed E-state index contributed by atoms with van der Waals surface area (Å²) in [5.74, 6) is 0.929. The number of piperazine rings is 1. The summed E-state index contributed by atoms with van der Waals surface area (Å²) in [7, 11) is 0. The van der Waals surface area contributed by atoms with Crippen molar-refractivity contribution in [3.8, 4) is 0 Å². The van der Waals surface area contributed by atoms with Crippen LogP contribution < -0.4 is 9.80 Å². The summed E-state index contributed by atoms with van der Waals surface area (Å²) < 4.78 is 0. The first-order valence-corrected chi connectivity index (χ1v) is 10.5. The van der Waals surface area contributed by atoms with E-state index in [1.807, 2.05) is 18.7 Å². The minimum atomic E-state index is 0.00715. The number of hydrogen-bond donors (Lipinski definition) is 0. The van der Waals surface area contributed by atoms with Gasteiger partial charge < -0.3 is 9.80 Å². The van der Waals surface area contributed by atoms with Crippen LogP contribution in [0.2, 0.25) is 0 Å². The predicted molar refractivity (Wildman–Crippen MR) is 108 cm³/mol. The van der Waals surface area contributed by atoms with Crippen molar-refractivity contribution in [2.45, 2.75) is 32.6 Å². The van der Waals surface area contributed by atoms with Crippen molar-refractivity contribution < 1.29 is 9.59 Å². The van der Waals surface area contributed by atoms with Crippen LogP contribution in [0.25, 0.3) is 0 Å². The summed E-state index contributed by atoms with van der Waals surface area (Å²) >= 11 is 1.35. The maximum Gasteiger partial charge on any atom is 0.266 e. The Morgan fingerprint density at radius 1 is 1.11 bits per heavy atom. The number of anilines is 2. The van der Waals surface area contributed by atoms with Gasteiger partial charge in [0.05, 0.1) is 5.69 Å². The van der Waals surface area contributed by atoms with Crippen molar-refractivity contribution >= 4 is 34.2 Å². The maximum atomic E-state index is 13.2. The van der Waals surface area contributed by atoms with Crippen LogP contribution in [0, 0.1) is 0 Å². The van der Waals surface area contributed by atoms with E-state index in [0.717, 1.165) is 12.1 Å². The molecule has 148 valence electrons. The zero-order chi connectivity index (χ0) is 19.7. The molecule has 2 saturated heterocycles. The molecule has 28 heavy (non-hydrogen) atoms. The van der Waals surface area contributed by atoms with E-state index < -0.39 is 0 Å². The van der Waals surface area contributed by atoms with Crippen molar-refractivity contribution in [3.05, 3.63) is 29.0 Å². The summed E-state index contributed by atoms with van der Waals surface area (Å²) in [5.41, 5.74) is 0.790. The quantitative estimate of drug-likeness (QED) is 0.782. The molecule has 2 fully saturated rings. The molecular weight excluding hydrogens is 376 g/mol. The Morgan fingerprint density at radius 3 is 2.43 bits per heavy atom. The Balaban J connectivity index is 1.50. The van der Waals surface area contributed by atoms with Gasteiger partial charge in [-0.3, -0.25) is 14.5 Å². The molecule has 0 aromatic carbocycles. The van der Waals surface area contributed by atoms with E-state index >= 15 is 0 Å². The van der Waals surface area contributed by atoms with Gasteiger partial charge in [0, 0.05) is 51.5 Å². The van der Waals surface area contributed by atoms with Gasteiger partial charge in [-0.25, -0.2) is 15.0 Å². The van der Waals surface area contributed by atoms with Crippen LogP contribution in [0.5, 0.6) is 0 Å². The number of hydrogen-bond acceptors (Lipinski definition) is 7. The Morgan fingerprint density at radius 2 is 1.82 bits per heavy atom. The van der Waals surface area contributed by atoms with E-state index in [2.05, 4.69) is 19.9 Å². The molecule has 0 aliphatic carbocycles. The number of thiazole rings is 1. The zero-order valence-electron chi connectivity index (χ0n) is 16.2. The van der Waals surface area contributed by atoms with Crippen LogP contribution in [0.1, 0.15) is 48.0 Å². The van der Waals surface area contributed by atoms with Crippen LogP contribution in [-0.2, 0) is 4.79 Å². The molecule has 0 N–H and O–H groups in total. The molecule has 2 aromatic rings. The SMILES string of the molecule is CC(C)c1nc(N2CCCC2=O)sc1C(=O)N1CCN(c2ncccn2)CC1. The highest BCUT2D eigenvalue weighted by Crippen LogP contribution is 2.34. The normalized spacial score (nSPS) is 17.7. The lowest BCUT2D eigenvalue weighted by Crippen LogP contribution is -2.49. The number of nitrogens with zero attached hydrogens (tertiary/aromatic N) is 6. The van der Waals surface area contributed by atoms with Gasteiger partial charge in [0.1, 0.15) is 4.88 Å². The molecular formula is C19H24N6O2S. The van der Waals surface area contributed by atoms with Crippen molar-refractivity contribution in [2.75, 3.05) is 42.5 Å². The van der Waals surface area contributed by atoms with E-state index in [0.29, 0.717) is 55.1 Å². The minimum Gasteiger partial charge on any atom is -0.337 e. The van der Waals surface area contributed by atoms with Crippen LogP contribution in [-0.4, -0.2) is 64.4 Å². The highest BCUT2D eigenvalue weighted by atomic mass is 32.1. The van der Waals surface area contributed by atoms with Crippen LogP contribution in [0.15, 0.2) is 18.5 Å². The molecule has 2 aromatic heterocycles. The Hall–Kier alpha value is -2.55. The zero-order valence-corrected chi connectivity index (χ0v) is 17.0. The van der Waals surface area contributed by atoms with Crippen LogP contribution in [0.4, 0.5) is 11.1 Å². The largest absolute Gasteiger partial charge is 0.337 e. The Kier molecular flexibility index (Phi) is 5.25. The van der Waals surface area contributed by atoms with Gasteiger partial charge in [-0.2, -0.15) is 0 Å². The molecule has 4 heterocycles. The van der Waals surface area contributed by atoms with Crippen molar-refractivity contribution in [3.63, 3.8) is 0 Å². The van der Waals surface area contributed by atoms with Crippen molar-refractivity contribution in [1.82, 2.24) is 19.9 Å². The second kappa shape index (κ2) is 7.83. The molecule has 0 atom stereocenters. The van der Waals surface area contributed by atoms with Crippen LogP contribution >= 0.6 is 11.3 Å². The standard InChI is InChI=1S/C19H24N6O2S/c1-13(2)15-16(28-19(22-15)25-8-3-5-14(25)26)17(27)23-9-11-24(12-10-23)18-20-6-4-7-21-18/h4,6-7,13H,3,5,8-12H2,1-2H3. The van der Waals surface area contributed by atoms with Gasteiger partial charge in [-0.05, 0) is 18.4 Å². The first-order valence-electron chi connectivity index (χ1n) is 9.67. The van der Waals surface area contributed by atoms with Gasteiger partial charge in [0.2, 0.25) is 11.9 Å². The summed E-state index contributed by atoms with van der Waals surface area (Å²) in [6.45, 7) is 7.38. The lowest BCUT2D eigenvalue weighted by Gasteiger charge is -2.34. The number of amides is 2. The molecule has 0 spiro atoms. The third-order valence-electron chi connectivity index (χ3n) is 5.09. The molecule has 0 radical (unpaired) electrons. The number of aromatic nitrogens is 3. The molecule has 2 aliphatic rings. The predicted octanol–water partition coefficient (Wildman–Crippen LogP) is 2.15. The third-order valence-corrected chi connectivity index (χ3v) is 6.17. The summed E-state index contributed by atoms with van der Waals surface area (Å²) in [6.07, 6.45) is 4.87. The van der Waals surface area contributed by atoms with E-state index in [1.54, 1.807) is 23.4 Å². The molecule has 2 aliphatic heterocycles. The van der Waals surface area contributed by atoms with E-state index in [-0.39, 0.29) is 17.7 Å². The highest BCUT2D eigenvalue weighted by molar-refractivity contribution is 7.17. The van der Waals surface area contributed by atoms with Gasteiger partial charge in [-0.1, -0.05) is 25.2 Å². The fourth-order valence-corrected chi connectivity index (χ4v) is 4.77. The average Bonchev–Trinajstić information content (AvgIpc) is 3.34. The van der Waals surface area contributed by atoms with Gasteiger partial charge in [0.25, 0.3) is 5.91 Å². The second-order valence-electron chi connectivity index (χ2n) is 7.34. The molecule has 0 bridgehead atoms. The fraction of sp³-hybridized carbons (Fsp3) is 0.526. The van der Waals surface area contributed by atoms with Crippen LogP contribution in [0.3, 0.4) is 0 Å². The first kappa shape index (κ1) is 18.8. The fourth-order valence-electron chi connectivity index (χ4n) is 3.54. The molecule has 9 heteroatoms. The van der Waals surface area contributed by atoms with Crippen molar-refractivity contribution in [1.29, 1.82) is 0 Å². The minimum absolute atomic E-state index is 0.00715. The first-order chi connectivity index (χ1) is 13.5. The summed E-state index contributed by atoms with van der Waals surface area (Å²) in [5, 5.41) is 0.658. The molecule has 8 nitrogen and oxygen atoms in total. The molecule has 0 saturated carbocycles. The lowest BCUT2D eigenvalue weighted by atomic mass is 10.1. The Bertz CT molecular complexity index is 861. The number of rotatable bonds is 4. The van der Waals surface area contributed by atoms with Crippen molar-refractivity contribution in [2.24, 2.45) is 0 Å². The topological polar surface area (TPSA) is 82.5 Å². The van der Waals surface area contributed by atoms with Gasteiger partial charge in [0.15, 0.2) is 5.13 Å². The molecule has 0 unspecified atom stereocenters. The highest BCUT2D eigenvalue weighted by Gasteiger charge is 2.31. The molecule has 4 rings (SSSR count). The maximum absolute atomic E-state index is 13.2. The third kappa shape index (κ3) is 3.58. The smallest absolute Gasteiger partial charge is 0.266 e. The second-order valence-corrected chi connectivity index (χ2v) is 8.32. The van der Waals surface area contributed by atoms with Gasteiger partial charge in [-0.15, -0.1) is 0 Å². The monoisotopic (exact) mass is 400 g/mol. The average molecular weight is 401 g/mol. The lowest BCUT2D eigenvalue weighted by molar-refractivity contribution is -0.117. The van der Waals surface area contributed by atoms with E-state index in [1.165, 1.54) is 11.3 Å². The van der Waals surface area contributed by atoms with E-state index in [4.69, 9.17) is 0 Å². The van der Waals surface area contributed by atoms with E-state index in [9.17, 15) is 9.59 Å². The number of carbonyl (C=O) groups excluding carboxylic acids is 2. The van der Waals surface area contributed by atoms with Gasteiger partial charge >= 0.3 is 0 Å². The summed E-state index contributed by atoms with van der Waals surface area (Å²) in [4.78, 5) is 44.9. The Labute approximate surface area is 168 Å². The summed E-state index contributed by atoms with van der Waals surface area (Å²) in [6, 6.07) is 1.79. The number of carbonyl (C=O) groups is 2.